The second-order valence-corrected chi connectivity index (χ2v) is 12.0. The van der Waals surface area contributed by atoms with Gasteiger partial charge in [0, 0.05) is 21.2 Å². The molecule has 0 radical (unpaired) electrons. The summed E-state index contributed by atoms with van der Waals surface area (Å²) in [6.07, 6.45) is 1.51. The Hall–Kier alpha value is -3.92. The molecule has 0 saturated heterocycles. The van der Waals surface area contributed by atoms with Crippen LogP contribution in [-0.4, -0.2) is 37.7 Å². The first-order valence-electron chi connectivity index (χ1n) is 12.8. The fourth-order valence-electron chi connectivity index (χ4n) is 4.18. The Kier molecular flexibility index (Phi) is 8.58. The van der Waals surface area contributed by atoms with E-state index in [2.05, 4.69) is 10.1 Å². The zero-order chi connectivity index (χ0) is 29.0. The maximum absolute atomic E-state index is 13.8. The zero-order valence-corrected chi connectivity index (χ0v) is 24.3. The highest BCUT2D eigenvalue weighted by Gasteiger charge is 2.29. The molecule has 0 N–H and O–H groups in total. The van der Waals surface area contributed by atoms with Gasteiger partial charge in [-0.25, -0.2) is 8.42 Å². The number of aromatic nitrogens is 2. The van der Waals surface area contributed by atoms with Gasteiger partial charge in [-0.15, -0.1) is 0 Å². The standard InChI is InChI=1S/C30H25Cl2N3O5S/c1-2-3-13-39-28(36)19-35(41(37,38)27-17-24(31)16-25(32)18-27)26-12-11-21-14-23(10-9-22(21)15-26)29-33-30(40-34-29)20-7-5-4-6-8-20/h4-12,14-18H,2-3,13,19H2,1H3. The molecule has 0 aliphatic rings. The largest absolute Gasteiger partial charge is 0.464 e. The van der Waals surface area contributed by atoms with Gasteiger partial charge in [-0.3, -0.25) is 9.10 Å². The number of carbonyl (C=O) groups is 1. The van der Waals surface area contributed by atoms with Gasteiger partial charge in [-0.05, 0) is 65.7 Å². The average molecular weight is 611 g/mol. The van der Waals surface area contributed by atoms with E-state index in [1.165, 1.54) is 18.2 Å². The van der Waals surface area contributed by atoms with E-state index in [1.807, 2.05) is 55.5 Å². The number of hydrogen-bond donors (Lipinski definition) is 0. The molecule has 0 amide bonds. The molecule has 0 aliphatic carbocycles. The van der Waals surface area contributed by atoms with E-state index < -0.39 is 22.5 Å². The summed E-state index contributed by atoms with van der Waals surface area (Å²) in [5.74, 6) is 0.160. The lowest BCUT2D eigenvalue weighted by atomic mass is 10.1. The lowest BCUT2D eigenvalue weighted by Gasteiger charge is -2.24. The van der Waals surface area contributed by atoms with Crippen molar-refractivity contribution in [1.82, 2.24) is 10.1 Å². The van der Waals surface area contributed by atoms with Crippen LogP contribution < -0.4 is 4.31 Å². The smallest absolute Gasteiger partial charge is 0.326 e. The van der Waals surface area contributed by atoms with Gasteiger partial charge in [0.05, 0.1) is 17.2 Å². The summed E-state index contributed by atoms with van der Waals surface area (Å²) in [6.45, 7) is 1.65. The number of ether oxygens (including phenoxy) is 1. The van der Waals surface area contributed by atoms with E-state index in [1.54, 1.807) is 18.2 Å². The number of carbonyl (C=O) groups excluding carboxylic acids is 1. The molecular formula is C30H25Cl2N3O5S. The number of anilines is 1. The minimum absolute atomic E-state index is 0.141. The number of halogens is 2. The van der Waals surface area contributed by atoms with Crippen molar-refractivity contribution in [3.63, 3.8) is 0 Å². The zero-order valence-electron chi connectivity index (χ0n) is 22.0. The van der Waals surface area contributed by atoms with Crippen molar-refractivity contribution in [2.75, 3.05) is 17.5 Å². The second kappa shape index (κ2) is 12.3. The lowest BCUT2D eigenvalue weighted by molar-refractivity contribution is -0.141. The van der Waals surface area contributed by atoms with Gasteiger partial charge in [0.2, 0.25) is 5.82 Å². The van der Waals surface area contributed by atoms with Gasteiger partial charge in [-0.2, -0.15) is 4.98 Å². The molecule has 0 bridgehead atoms. The molecule has 5 rings (SSSR count). The third-order valence-electron chi connectivity index (χ3n) is 6.27. The van der Waals surface area contributed by atoms with Crippen molar-refractivity contribution in [3.8, 4) is 22.8 Å². The third-order valence-corrected chi connectivity index (χ3v) is 8.46. The average Bonchev–Trinajstić information content (AvgIpc) is 3.46. The topological polar surface area (TPSA) is 103 Å². The van der Waals surface area contributed by atoms with E-state index >= 15 is 0 Å². The van der Waals surface area contributed by atoms with Gasteiger partial charge >= 0.3 is 5.97 Å². The molecule has 210 valence electrons. The quantitative estimate of drug-likeness (QED) is 0.120. The lowest BCUT2D eigenvalue weighted by Crippen LogP contribution is -2.36. The van der Waals surface area contributed by atoms with Crippen LogP contribution in [0.5, 0.6) is 0 Å². The van der Waals surface area contributed by atoms with Crippen LogP contribution in [0.1, 0.15) is 19.8 Å². The second-order valence-electron chi connectivity index (χ2n) is 9.23. The Labute approximate surface area is 247 Å². The summed E-state index contributed by atoms with van der Waals surface area (Å²) in [5.41, 5.74) is 1.82. The van der Waals surface area contributed by atoms with E-state index in [9.17, 15) is 13.2 Å². The molecule has 4 aromatic carbocycles. The first-order valence-corrected chi connectivity index (χ1v) is 15.0. The summed E-state index contributed by atoms with van der Waals surface area (Å²) in [5, 5.41) is 5.97. The molecular weight excluding hydrogens is 585 g/mol. The Bertz CT molecular complexity index is 1790. The maximum Gasteiger partial charge on any atom is 0.326 e. The van der Waals surface area contributed by atoms with Crippen LogP contribution in [0.2, 0.25) is 10.0 Å². The predicted octanol–water partition coefficient (Wildman–Crippen LogP) is 7.40. The molecule has 1 aromatic heterocycles. The normalized spacial score (nSPS) is 11.5. The number of hydrogen-bond acceptors (Lipinski definition) is 7. The molecule has 0 atom stereocenters. The van der Waals surface area contributed by atoms with Crippen LogP contribution in [0, 0.1) is 0 Å². The number of sulfonamides is 1. The molecule has 0 unspecified atom stereocenters. The molecule has 0 aliphatic heterocycles. The first-order chi connectivity index (χ1) is 19.7. The van der Waals surface area contributed by atoms with Crippen molar-refractivity contribution < 1.29 is 22.5 Å². The summed E-state index contributed by atoms with van der Waals surface area (Å²) in [4.78, 5) is 17.0. The van der Waals surface area contributed by atoms with E-state index in [4.69, 9.17) is 32.5 Å². The molecule has 0 spiro atoms. The van der Waals surface area contributed by atoms with Crippen LogP contribution in [0.15, 0.2) is 94.3 Å². The number of rotatable bonds is 10. The predicted molar refractivity (Wildman–Crippen MR) is 160 cm³/mol. The van der Waals surface area contributed by atoms with Crippen LogP contribution in [-0.2, 0) is 19.6 Å². The monoisotopic (exact) mass is 609 g/mol. The maximum atomic E-state index is 13.8. The van der Waals surface area contributed by atoms with Gasteiger partial charge in [0.15, 0.2) is 0 Å². The highest BCUT2D eigenvalue weighted by molar-refractivity contribution is 7.92. The van der Waals surface area contributed by atoms with E-state index in [0.29, 0.717) is 18.1 Å². The Morgan fingerprint density at radius 1 is 0.902 bits per heavy atom. The highest BCUT2D eigenvalue weighted by atomic mass is 35.5. The fraction of sp³-hybridized carbons (Fsp3) is 0.167. The Balaban J connectivity index is 1.49. The third kappa shape index (κ3) is 6.53. The van der Waals surface area contributed by atoms with Crippen LogP contribution in [0.4, 0.5) is 5.69 Å². The summed E-state index contributed by atoms with van der Waals surface area (Å²) < 4.78 is 39.3. The molecule has 0 fully saturated rings. The SMILES string of the molecule is CCCCOC(=O)CN(c1ccc2cc(-c3noc(-c4ccccc4)n3)ccc2c1)S(=O)(=O)c1cc(Cl)cc(Cl)c1. The van der Waals surface area contributed by atoms with Crippen molar-refractivity contribution >= 4 is 55.7 Å². The van der Waals surface area contributed by atoms with Crippen molar-refractivity contribution in [2.24, 2.45) is 0 Å². The molecule has 41 heavy (non-hydrogen) atoms. The molecule has 5 aromatic rings. The summed E-state index contributed by atoms with van der Waals surface area (Å²) in [6, 6.07) is 24.1. The Morgan fingerprint density at radius 2 is 1.61 bits per heavy atom. The number of fused-ring (bicyclic) bond motifs is 1. The minimum Gasteiger partial charge on any atom is -0.464 e. The summed E-state index contributed by atoms with van der Waals surface area (Å²) >= 11 is 12.2. The molecule has 1 heterocycles. The highest BCUT2D eigenvalue weighted by Crippen LogP contribution is 2.32. The summed E-state index contributed by atoms with van der Waals surface area (Å²) in [7, 11) is -4.24. The van der Waals surface area contributed by atoms with Crippen molar-refractivity contribution in [3.05, 3.63) is 95.0 Å². The first kappa shape index (κ1) is 28.6. The van der Waals surface area contributed by atoms with Crippen molar-refractivity contribution in [2.45, 2.75) is 24.7 Å². The molecule has 0 saturated carbocycles. The molecule has 11 heteroatoms. The van der Waals surface area contributed by atoms with E-state index in [-0.39, 0.29) is 27.2 Å². The number of benzene rings is 4. The van der Waals surface area contributed by atoms with Gasteiger partial charge in [0.1, 0.15) is 6.54 Å². The van der Waals surface area contributed by atoms with E-state index in [0.717, 1.165) is 32.6 Å². The number of unbranched alkanes of at least 4 members (excludes halogenated alkanes) is 1. The van der Waals surface area contributed by atoms with Crippen molar-refractivity contribution in [1.29, 1.82) is 0 Å². The van der Waals surface area contributed by atoms with Gasteiger partial charge in [0.25, 0.3) is 15.9 Å². The minimum atomic E-state index is -4.24. The van der Waals surface area contributed by atoms with Crippen LogP contribution in [0.25, 0.3) is 33.6 Å². The van der Waals surface area contributed by atoms with Crippen LogP contribution in [0.3, 0.4) is 0 Å². The Morgan fingerprint density at radius 3 is 2.34 bits per heavy atom. The van der Waals surface area contributed by atoms with Gasteiger partial charge in [-0.1, -0.05) is 78.1 Å². The molecule has 8 nitrogen and oxygen atoms in total. The van der Waals surface area contributed by atoms with Gasteiger partial charge < -0.3 is 9.26 Å². The number of esters is 1. The van der Waals surface area contributed by atoms with Crippen LogP contribution >= 0.6 is 23.2 Å². The fourth-order valence-corrected chi connectivity index (χ4v) is 6.31. The number of nitrogens with zero attached hydrogens (tertiary/aromatic N) is 3.